The first-order chi connectivity index (χ1) is 9.93. The Balaban J connectivity index is 1.77. The zero-order chi connectivity index (χ0) is 14.3. The number of hydrogen-bond donors (Lipinski definition) is 1. The van der Waals surface area contributed by atoms with Crippen molar-refractivity contribution in [1.82, 2.24) is 5.48 Å². The Morgan fingerprint density at radius 1 is 0.850 bits per heavy atom. The molecule has 0 atom stereocenters. The third-order valence-corrected chi connectivity index (χ3v) is 3.18. The lowest BCUT2D eigenvalue weighted by atomic mass is 10.1. The lowest BCUT2D eigenvalue weighted by Crippen LogP contribution is -2.19. The maximum atomic E-state index is 5.52. The molecule has 0 aliphatic heterocycles. The molecule has 114 valence electrons. The van der Waals surface area contributed by atoms with Gasteiger partial charge >= 0.3 is 0 Å². The van der Waals surface area contributed by atoms with Gasteiger partial charge in [0.2, 0.25) is 0 Å². The summed E-state index contributed by atoms with van der Waals surface area (Å²) in [4.78, 5) is 5.33. The van der Waals surface area contributed by atoms with Crippen molar-refractivity contribution >= 4 is 0 Å². The average molecular weight is 279 g/mol. The van der Waals surface area contributed by atoms with E-state index in [1.54, 1.807) is 0 Å². The fourth-order valence-electron chi connectivity index (χ4n) is 2.02. The molecule has 0 aliphatic carbocycles. The fourth-order valence-corrected chi connectivity index (χ4v) is 2.02. The fraction of sp³-hybridized carbons (Fsp3) is 0.647. The molecule has 1 N–H and O–H groups in total. The van der Waals surface area contributed by atoms with Crippen LogP contribution in [0.25, 0.3) is 0 Å². The van der Waals surface area contributed by atoms with E-state index in [9.17, 15) is 0 Å². The van der Waals surface area contributed by atoms with Crippen LogP contribution in [0.4, 0.5) is 0 Å². The van der Waals surface area contributed by atoms with E-state index < -0.39 is 0 Å². The molecule has 0 saturated carbocycles. The van der Waals surface area contributed by atoms with Crippen LogP contribution in [0.15, 0.2) is 30.3 Å². The minimum Gasteiger partial charge on any atom is -0.491 e. The summed E-state index contributed by atoms with van der Waals surface area (Å²) in [6, 6.07) is 9.81. The minimum atomic E-state index is 0.575. The second kappa shape index (κ2) is 12.9. The summed E-state index contributed by atoms with van der Waals surface area (Å²) in [5, 5.41) is 0. The molecular weight excluding hydrogens is 250 g/mol. The zero-order valence-corrected chi connectivity index (χ0v) is 12.8. The van der Waals surface area contributed by atoms with Crippen LogP contribution in [0.2, 0.25) is 0 Å². The predicted molar refractivity (Wildman–Crippen MR) is 83.9 cm³/mol. The molecule has 0 radical (unpaired) electrons. The van der Waals surface area contributed by atoms with E-state index in [0.29, 0.717) is 13.2 Å². The van der Waals surface area contributed by atoms with Crippen LogP contribution in [-0.2, 0) is 4.84 Å². The molecule has 0 aromatic heterocycles. The molecule has 1 aromatic rings. The van der Waals surface area contributed by atoms with E-state index in [1.807, 2.05) is 30.3 Å². The molecular formula is C17H29NO2. The topological polar surface area (TPSA) is 30.5 Å². The summed E-state index contributed by atoms with van der Waals surface area (Å²) in [7, 11) is 0. The Morgan fingerprint density at radius 2 is 1.55 bits per heavy atom. The second-order valence-electron chi connectivity index (χ2n) is 5.03. The average Bonchev–Trinajstić information content (AvgIpc) is 2.49. The first kappa shape index (κ1) is 17.0. The van der Waals surface area contributed by atoms with Crippen molar-refractivity contribution in [2.45, 2.75) is 51.9 Å². The van der Waals surface area contributed by atoms with E-state index in [-0.39, 0.29) is 0 Å². The van der Waals surface area contributed by atoms with Gasteiger partial charge in [0.15, 0.2) is 0 Å². The molecule has 0 unspecified atom stereocenters. The van der Waals surface area contributed by atoms with Gasteiger partial charge in [0.25, 0.3) is 0 Å². The molecule has 1 aromatic carbocycles. The van der Waals surface area contributed by atoms with Gasteiger partial charge in [0.1, 0.15) is 19.0 Å². The minimum absolute atomic E-state index is 0.575. The summed E-state index contributed by atoms with van der Waals surface area (Å²) in [6.07, 6.45) is 9.28. The second-order valence-corrected chi connectivity index (χ2v) is 5.03. The smallest absolute Gasteiger partial charge is 0.119 e. The third kappa shape index (κ3) is 9.82. The van der Waals surface area contributed by atoms with Crippen molar-refractivity contribution in [1.29, 1.82) is 0 Å². The van der Waals surface area contributed by atoms with Crippen LogP contribution in [0.3, 0.4) is 0 Å². The van der Waals surface area contributed by atoms with Gasteiger partial charge in [0.05, 0.1) is 0 Å². The summed E-state index contributed by atoms with van der Waals surface area (Å²) in [5.74, 6) is 0.892. The number of rotatable bonds is 13. The first-order valence-corrected chi connectivity index (χ1v) is 7.96. The molecule has 3 heteroatoms. The van der Waals surface area contributed by atoms with Crippen LogP contribution in [0.1, 0.15) is 51.9 Å². The van der Waals surface area contributed by atoms with Crippen molar-refractivity contribution in [3.05, 3.63) is 30.3 Å². The lowest BCUT2D eigenvalue weighted by molar-refractivity contribution is 0.0218. The van der Waals surface area contributed by atoms with Gasteiger partial charge in [-0.05, 0) is 18.6 Å². The van der Waals surface area contributed by atoms with Crippen molar-refractivity contribution < 1.29 is 9.57 Å². The highest BCUT2D eigenvalue weighted by atomic mass is 16.7. The number of nitrogens with one attached hydrogen (secondary N) is 1. The van der Waals surface area contributed by atoms with Gasteiger partial charge in [-0.1, -0.05) is 63.6 Å². The zero-order valence-electron chi connectivity index (χ0n) is 12.8. The molecule has 3 nitrogen and oxygen atoms in total. The maximum absolute atomic E-state index is 5.52. The third-order valence-electron chi connectivity index (χ3n) is 3.18. The van der Waals surface area contributed by atoms with E-state index in [4.69, 9.17) is 9.57 Å². The highest BCUT2D eigenvalue weighted by Gasteiger charge is 1.93. The molecule has 0 spiro atoms. The normalized spacial score (nSPS) is 10.7. The highest BCUT2D eigenvalue weighted by molar-refractivity contribution is 5.20. The van der Waals surface area contributed by atoms with Gasteiger partial charge in [0, 0.05) is 6.54 Å². The summed E-state index contributed by atoms with van der Waals surface area (Å²) in [5.41, 5.74) is 2.99. The summed E-state index contributed by atoms with van der Waals surface area (Å²) in [6.45, 7) is 4.33. The monoisotopic (exact) mass is 279 g/mol. The van der Waals surface area contributed by atoms with Crippen LogP contribution in [-0.4, -0.2) is 19.8 Å². The Bertz CT molecular complexity index is 303. The van der Waals surface area contributed by atoms with Crippen LogP contribution < -0.4 is 10.2 Å². The van der Waals surface area contributed by atoms with Gasteiger partial charge in [-0.15, -0.1) is 0 Å². The number of hydrogen-bond acceptors (Lipinski definition) is 3. The number of ether oxygens (including phenoxy) is 1. The summed E-state index contributed by atoms with van der Waals surface area (Å²) >= 11 is 0. The first-order valence-electron chi connectivity index (χ1n) is 7.96. The highest BCUT2D eigenvalue weighted by Crippen LogP contribution is 2.07. The van der Waals surface area contributed by atoms with Crippen molar-refractivity contribution in [2.24, 2.45) is 0 Å². The van der Waals surface area contributed by atoms with Crippen LogP contribution >= 0.6 is 0 Å². The van der Waals surface area contributed by atoms with Crippen molar-refractivity contribution in [3.8, 4) is 5.75 Å². The standard InChI is InChI=1S/C17H29NO2/c1-2-3-4-5-6-7-11-14-18-20-16-15-19-17-12-9-8-10-13-17/h8-10,12-13,18H,2-7,11,14-16H2,1H3. The Morgan fingerprint density at radius 3 is 2.30 bits per heavy atom. The van der Waals surface area contributed by atoms with Gasteiger partial charge in [-0.25, -0.2) is 5.48 Å². The van der Waals surface area contributed by atoms with Gasteiger partial charge < -0.3 is 4.74 Å². The molecule has 0 bridgehead atoms. The number of hydroxylamine groups is 1. The molecule has 0 aliphatic rings. The van der Waals surface area contributed by atoms with E-state index in [1.165, 1.54) is 44.9 Å². The van der Waals surface area contributed by atoms with E-state index in [0.717, 1.165) is 12.3 Å². The molecule has 20 heavy (non-hydrogen) atoms. The van der Waals surface area contributed by atoms with E-state index in [2.05, 4.69) is 12.4 Å². The van der Waals surface area contributed by atoms with Crippen molar-refractivity contribution in [2.75, 3.05) is 19.8 Å². The maximum Gasteiger partial charge on any atom is 0.119 e. The number of unbranched alkanes of at least 4 members (excludes halogenated alkanes) is 6. The largest absolute Gasteiger partial charge is 0.491 e. The Hall–Kier alpha value is -1.06. The molecule has 1 rings (SSSR count). The van der Waals surface area contributed by atoms with E-state index >= 15 is 0 Å². The SMILES string of the molecule is CCCCCCCCCNOCCOc1ccccc1. The predicted octanol–water partition coefficient (Wildman–Crippen LogP) is 4.34. The number of para-hydroxylation sites is 1. The number of benzene rings is 1. The van der Waals surface area contributed by atoms with Gasteiger partial charge in [-0.3, -0.25) is 4.84 Å². The Labute approximate surface area is 123 Å². The van der Waals surface area contributed by atoms with Crippen LogP contribution in [0.5, 0.6) is 5.75 Å². The Kier molecular flexibility index (Phi) is 11.0. The molecule has 0 fully saturated rings. The molecule has 0 saturated heterocycles. The van der Waals surface area contributed by atoms with Crippen LogP contribution in [0, 0.1) is 0 Å². The summed E-state index contributed by atoms with van der Waals surface area (Å²) < 4.78 is 5.52. The van der Waals surface area contributed by atoms with Gasteiger partial charge in [-0.2, -0.15) is 0 Å². The van der Waals surface area contributed by atoms with Crippen molar-refractivity contribution in [3.63, 3.8) is 0 Å². The quantitative estimate of drug-likeness (QED) is 0.430. The molecule has 0 amide bonds. The molecule has 0 heterocycles. The lowest BCUT2D eigenvalue weighted by Gasteiger charge is -2.07.